The van der Waals surface area contributed by atoms with Gasteiger partial charge in [0.15, 0.2) is 0 Å². The Labute approximate surface area is 186 Å². The minimum absolute atomic E-state index is 0.176. The van der Waals surface area contributed by atoms with Gasteiger partial charge >= 0.3 is 5.97 Å². The van der Waals surface area contributed by atoms with Gasteiger partial charge in [-0.05, 0) is 38.5 Å². The number of unbranched alkanes of at least 4 members (excludes halogenated alkanes) is 10. The third kappa shape index (κ3) is 21.6. The number of allylic oxidation sites excluding steroid dienone is 4. The highest BCUT2D eigenvalue weighted by atomic mass is 16.6. The molecule has 0 spiro atoms. The molecule has 1 N–H and O–H groups in total. The van der Waals surface area contributed by atoms with Crippen molar-refractivity contribution < 1.29 is 19.4 Å². The molecular weight excluding hydrogens is 376 g/mol. The van der Waals surface area contributed by atoms with Crippen LogP contribution in [0.25, 0.3) is 0 Å². The van der Waals surface area contributed by atoms with Crippen LogP contribution in [0.5, 0.6) is 0 Å². The summed E-state index contributed by atoms with van der Waals surface area (Å²) in [5.41, 5.74) is 0. The SMILES string of the molecule is CCC/C=C\C/C=C\CCCCCCCCOCC(CO)OC(=O)CCCCCC. The lowest BCUT2D eigenvalue weighted by Crippen LogP contribution is -2.27. The molecule has 0 saturated heterocycles. The molecule has 30 heavy (non-hydrogen) atoms. The van der Waals surface area contributed by atoms with Gasteiger partial charge in [0, 0.05) is 13.0 Å². The molecule has 0 heterocycles. The molecule has 0 aliphatic rings. The van der Waals surface area contributed by atoms with Crippen LogP contribution in [0, 0.1) is 0 Å². The molecule has 0 radical (unpaired) electrons. The Kier molecular flexibility index (Phi) is 23.2. The monoisotopic (exact) mass is 424 g/mol. The predicted molar refractivity (Wildman–Crippen MR) is 127 cm³/mol. The fraction of sp³-hybridized carbons (Fsp3) is 0.808. The lowest BCUT2D eigenvalue weighted by molar-refractivity contribution is -0.154. The van der Waals surface area contributed by atoms with Gasteiger partial charge in [0.1, 0.15) is 6.10 Å². The average Bonchev–Trinajstić information content (AvgIpc) is 2.75. The van der Waals surface area contributed by atoms with Gasteiger partial charge in [0.25, 0.3) is 0 Å². The Morgan fingerprint density at radius 1 is 0.800 bits per heavy atom. The fourth-order valence-electron chi connectivity index (χ4n) is 3.13. The zero-order valence-corrected chi connectivity index (χ0v) is 19.8. The van der Waals surface area contributed by atoms with Crippen molar-refractivity contribution in [2.24, 2.45) is 0 Å². The van der Waals surface area contributed by atoms with E-state index < -0.39 is 6.10 Å². The molecule has 4 heteroatoms. The first-order valence-electron chi connectivity index (χ1n) is 12.4. The zero-order valence-electron chi connectivity index (χ0n) is 19.8. The maximum absolute atomic E-state index is 11.8. The van der Waals surface area contributed by atoms with Gasteiger partial charge in [-0.1, -0.05) is 89.5 Å². The Bertz CT molecular complexity index is 417. The highest BCUT2D eigenvalue weighted by molar-refractivity contribution is 5.69. The van der Waals surface area contributed by atoms with E-state index in [9.17, 15) is 9.90 Å². The normalized spacial score (nSPS) is 12.8. The zero-order chi connectivity index (χ0) is 22.1. The van der Waals surface area contributed by atoms with Crippen LogP contribution in [-0.2, 0) is 14.3 Å². The van der Waals surface area contributed by atoms with E-state index in [4.69, 9.17) is 9.47 Å². The molecule has 1 unspecified atom stereocenters. The lowest BCUT2D eigenvalue weighted by atomic mass is 10.1. The minimum Gasteiger partial charge on any atom is -0.457 e. The van der Waals surface area contributed by atoms with E-state index in [1.807, 2.05) is 0 Å². The van der Waals surface area contributed by atoms with Gasteiger partial charge in [-0.25, -0.2) is 0 Å². The highest BCUT2D eigenvalue weighted by Gasteiger charge is 2.13. The average molecular weight is 425 g/mol. The summed E-state index contributed by atoms with van der Waals surface area (Å²) in [5, 5.41) is 9.34. The molecule has 0 amide bonds. The number of ether oxygens (including phenoxy) is 2. The van der Waals surface area contributed by atoms with Gasteiger partial charge < -0.3 is 14.6 Å². The van der Waals surface area contributed by atoms with Crippen molar-refractivity contribution in [2.75, 3.05) is 19.8 Å². The van der Waals surface area contributed by atoms with Crippen molar-refractivity contribution in [3.05, 3.63) is 24.3 Å². The summed E-state index contributed by atoms with van der Waals surface area (Å²) >= 11 is 0. The summed E-state index contributed by atoms with van der Waals surface area (Å²) in [6, 6.07) is 0. The molecule has 1 atom stereocenters. The summed E-state index contributed by atoms with van der Waals surface area (Å²) in [4.78, 5) is 11.8. The summed E-state index contributed by atoms with van der Waals surface area (Å²) in [5.74, 6) is -0.225. The van der Waals surface area contributed by atoms with E-state index >= 15 is 0 Å². The van der Waals surface area contributed by atoms with E-state index in [0.717, 1.165) is 38.5 Å². The summed E-state index contributed by atoms with van der Waals surface area (Å²) in [6.45, 7) is 5.13. The molecule has 0 aliphatic carbocycles. The molecule has 0 aromatic carbocycles. The van der Waals surface area contributed by atoms with E-state index in [2.05, 4.69) is 38.2 Å². The summed E-state index contributed by atoms with van der Waals surface area (Å²) in [7, 11) is 0. The van der Waals surface area contributed by atoms with E-state index in [0.29, 0.717) is 13.0 Å². The van der Waals surface area contributed by atoms with Crippen LogP contribution in [0.3, 0.4) is 0 Å². The standard InChI is InChI=1S/C26H48O4/c1-3-5-7-9-10-11-12-13-14-15-16-17-18-20-22-29-24-25(23-27)30-26(28)21-19-8-6-4-2/h7,9,11-12,25,27H,3-6,8,10,13-24H2,1-2H3/b9-7-,12-11-. The quantitative estimate of drug-likeness (QED) is 0.116. The second-order valence-corrected chi connectivity index (χ2v) is 8.06. The van der Waals surface area contributed by atoms with Gasteiger partial charge in [0.2, 0.25) is 0 Å². The van der Waals surface area contributed by atoms with Crippen molar-refractivity contribution >= 4 is 5.97 Å². The number of aliphatic hydroxyl groups excluding tert-OH is 1. The molecule has 0 fully saturated rings. The van der Waals surface area contributed by atoms with Crippen LogP contribution >= 0.6 is 0 Å². The molecule has 0 aromatic rings. The van der Waals surface area contributed by atoms with Crippen LogP contribution < -0.4 is 0 Å². The number of hydrogen-bond acceptors (Lipinski definition) is 4. The van der Waals surface area contributed by atoms with Crippen LogP contribution in [0.15, 0.2) is 24.3 Å². The molecule has 4 nitrogen and oxygen atoms in total. The second-order valence-electron chi connectivity index (χ2n) is 8.06. The first-order valence-corrected chi connectivity index (χ1v) is 12.4. The Hall–Kier alpha value is -1.13. The van der Waals surface area contributed by atoms with Crippen molar-refractivity contribution in [3.8, 4) is 0 Å². The number of esters is 1. The van der Waals surface area contributed by atoms with Crippen molar-refractivity contribution in [3.63, 3.8) is 0 Å². The number of carbonyl (C=O) groups is 1. The molecular formula is C26H48O4. The van der Waals surface area contributed by atoms with Crippen LogP contribution in [0.2, 0.25) is 0 Å². The molecule has 0 aromatic heterocycles. The Morgan fingerprint density at radius 2 is 1.47 bits per heavy atom. The molecule has 176 valence electrons. The number of rotatable bonds is 22. The maximum atomic E-state index is 11.8. The van der Waals surface area contributed by atoms with Gasteiger partial charge in [0.05, 0.1) is 13.2 Å². The van der Waals surface area contributed by atoms with E-state index in [-0.39, 0.29) is 19.2 Å². The topological polar surface area (TPSA) is 55.8 Å². The van der Waals surface area contributed by atoms with Gasteiger partial charge in [-0.3, -0.25) is 4.79 Å². The second kappa shape index (κ2) is 24.1. The molecule has 0 saturated carbocycles. The van der Waals surface area contributed by atoms with E-state index in [1.54, 1.807) is 0 Å². The highest BCUT2D eigenvalue weighted by Crippen LogP contribution is 2.09. The lowest BCUT2D eigenvalue weighted by Gasteiger charge is -2.15. The maximum Gasteiger partial charge on any atom is 0.306 e. The molecule has 0 bridgehead atoms. The van der Waals surface area contributed by atoms with Crippen LogP contribution in [0.1, 0.15) is 110 Å². The fourth-order valence-corrected chi connectivity index (χ4v) is 3.13. The first-order chi connectivity index (χ1) is 14.7. The number of carbonyl (C=O) groups excluding carboxylic acids is 1. The number of aliphatic hydroxyl groups is 1. The van der Waals surface area contributed by atoms with Crippen molar-refractivity contribution in [2.45, 2.75) is 116 Å². The van der Waals surface area contributed by atoms with Crippen LogP contribution in [-0.4, -0.2) is 37.0 Å². The van der Waals surface area contributed by atoms with Crippen LogP contribution in [0.4, 0.5) is 0 Å². The third-order valence-electron chi connectivity index (χ3n) is 5.01. The van der Waals surface area contributed by atoms with Crippen molar-refractivity contribution in [1.82, 2.24) is 0 Å². The predicted octanol–water partition coefficient (Wildman–Crippen LogP) is 6.91. The third-order valence-corrected chi connectivity index (χ3v) is 5.01. The first kappa shape index (κ1) is 28.9. The molecule has 0 aliphatic heterocycles. The van der Waals surface area contributed by atoms with E-state index in [1.165, 1.54) is 51.4 Å². The minimum atomic E-state index is -0.529. The molecule has 0 rings (SSSR count). The smallest absolute Gasteiger partial charge is 0.306 e. The van der Waals surface area contributed by atoms with Crippen molar-refractivity contribution in [1.29, 1.82) is 0 Å². The summed E-state index contributed by atoms with van der Waals surface area (Å²) in [6.07, 6.45) is 25.1. The number of hydrogen-bond donors (Lipinski definition) is 1. The Morgan fingerprint density at radius 3 is 2.17 bits per heavy atom. The van der Waals surface area contributed by atoms with Gasteiger partial charge in [-0.15, -0.1) is 0 Å². The largest absolute Gasteiger partial charge is 0.457 e. The Balaban J connectivity index is 3.44. The van der Waals surface area contributed by atoms with Gasteiger partial charge in [-0.2, -0.15) is 0 Å². The summed E-state index contributed by atoms with van der Waals surface area (Å²) < 4.78 is 10.9.